The average Bonchev–Trinajstić information content (AvgIpc) is 2.07. The van der Waals surface area contributed by atoms with Gasteiger partial charge in [-0.05, 0) is 27.2 Å². The Kier molecular flexibility index (Phi) is 5.95. The van der Waals surface area contributed by atoms with E-state index in [1.165, 1.54) is 5.20 Å². The summed E-state index contributed by atoms with van der Waals surface area (Å²) in [6.45, 7) is 15.2. The topological polar surface area (TPSA) is 38.3 Å². The first-order chi connectivity index (χ1) is 7.56. The molecule has 0 fully saturated rings. The zero-order valence-corrected chi connectivity index (χ0v) is 13.3. The maximum absolute atomic E-state index is 11.5. The van der Waals surface area contributed by atoms with Crippen LogP contribution in [-0.4, -0.2) is 26.3 Å². The van der Waals surface area contributed by atoms with Gasteiger partial charge in [-0.3, -0.25) is 0 Å². The monoisotopic (exact) mass is 257 g/mol. The van der Waals surface area contributed by atoms with Crippen molar-refractivity contribution in [3.63, 3.8) is 0 Å². The number of ether oxygens (including phenoxy) is 1. The van der Waals surface area contributed by atoms with Crippen molar-refractivity contribution in [2.75, 3.05) is 6.54 Å². The Balaban J connectivity index is 4.34. The molecule has 0 saturated heterocycles. The molecule has 1 N–H and O–H groups in total. The van der Waals surface area contributed by atoms with E-state index < -0.39 is 13.7 Å². The molecular formula is C13H27NO2Si. The van der Waals surface area contributed by atoms with Crippen LogP contribution in [0.4, 0.5) is 4.79 Å². The Morgan fingerprint density at radius 2 is 1.82 bits per heavy atom. The fourth-order valence-electron chi connectivity index (χ4n) is 1.37. The van der Waals surface area contributed by atoms with Crippen LogP contribution in [0.3, 0.4) is 0 Å². The summed E-state index contributed by atoms with van der Waals surface area (Å²) in [6, 6.07) is 0. The van der Waals surface area contributed by atoms with Gasteiger partial charge in [-0.15, -0.1) is 0 Å². The molecule has 0 aromatic heterocycles. The highest BCUT2D eigenvalue weighted by atomic mass is 28.3. The number of alkyl carbamates (subject to hydrolysis) is 1. The summed E-state index contributed by atoms with van der Waals surface area (Å²) in [5.74, 6) is 0. The van der Waals surface area contributed by atoms with Gasteiger partial charge in [0.1, 0.15) is 5.60 Å². The molecule has 0 aliphatic heterocycles. The van der Waals surface area contributed by atoms with Crippen molar-refractivity contribution in [1.82, 2.24) is 5.32 Å². The molecule has 17 heavy (non-hydrogen) atoms. The van der Waals surface area contributed by atoms with Gasteiger partial charge >= 0.3 is 6.09 Å². The second-order valence-electron chi connectivity index (χ2n) is 6.24. The summed E-state index contributed by atoms with van der Waals surface area (Å²) in [5.41, 5.74) is -0.433. The Hall–Kier alpha value is -0.773. The van der Waals surface area contributed by atoms with Crippen LogP contribution in [-0.2, 0) is 4.74 Å². The third kappa shape index (κ3) is 8.02. The summed E-state index contributed by atoms with van der Waals surface area (Å²) in [7, 11) is -1.34. The standard InChI is InChI=1S/C13H27NO2Si/c1-8-9-11(17(5,6)7)10-14-12(15)16-13(2,3)4/h9H,8,10H2,1-7H3,(H,14,15)/b11-9-. The van der Waals surface area contributed by atoms with E-state index in [9.17, 15) is 4.79 Å². The van der Waals surface area contributed by atoms with Crippen LogP contribution >= 0.6 is 0 Å². The molecule has 0 aliphatic rings. The quantitative estimate of drug-likeness (QED) is 0.779. The number of rotatable bonds is 4. The van der Waals surface area contributed by atoms with Crippen LogP contribution in [0.2, 0.25) is 19.6 Å². The molecule has 1 amide bonds. The molecule has 3 nitrogen and oxygen atoms in total. The largest absolute Gasteiger partial charge is 0.444 e. The maximum atomic E-state index is 11.5. The van der Waals surface area contributed by atoms with Crippen LogP contribution in [0.25, 0.3) is 0 Å². The number of hydrogen-bond acceptors (Lipinski definition) is 2. The first-order valence-electron chi connectivity index (χ1n) is 6.22. The summed E-state index contributed by atoms with van der Waals surface area (Å²) in [4.78, 5) is 11.5. The lowest BCUT2D eigenvalue weighted by atomic mass is 10.2. The van der Waals surface area contributed by atoms with Gasteiger partial charge in [0.15, 0.2) is 0 Å². The van der Waals surface area contributed by atoms with E-state index in [4.69, 9.17) is 4.74 Å². The third-order valence-corrected chi connectivity index (χ3v) is 4.54. The molecule has 0 heterocycles. The van der Waals surface area contributed by atoms with Crippen molar-refractivity contribution in [2.24, 2.45) is 0 Å². The van der Waals surface area contributed by atoms with E-state index in [1.54, 1.807) is 0 Å². The Morgan fingerprint density at radius 1 is 1.29 bits per heavy atom. The molecule has 0 rings (SSSR count). The zero-order valence-electron chi connectivity index (χ0n) is 12.3. The molecule has 0 aromatic rings. The van der Waals surface area contributed by atoms with Crippen LogP contribution < -0.4 is 5.32 Å². The fourth-order valence-corrected chi connectivity index (χ4v) is 2.81. The smallest absolute Gasteiger partial charge is 0.407 e. The van der Waals surface area contributed by atoms with Gasteiger partial charge in [0, 0.05) is 6.54 Å². The number of nitrogens with one attached hydrogen (secondary N) is 1. The van der Waals surface area contributed by atoms with Gasteiger partial charge in [0.05, 0.1) is 8.07 Å². The lowest BCUT2D eigenvalue weighted by Gasteiger charge is -2.23. The second-order valence-corrected chi connectivity index (χ2v) is 11.4. The Morgan fingerprint density at radius 3 is 2.18 bits per heavy atom. The molecule has 0 aliphatic carbocycles. The summed E-state index contributed by atoms with van der Waals surface area (Å²) in [6.07, 6.45) is 2.90. The summed E-state index contributed by atoms with van der Waals surface area (Å²) >= 11 is 0. The first-order valence-corrected chi connectivity index (χ1v) is 9.72. The Bertz CT molecular complexity index is 285. The van der Waals surface area contributed by atoms with E-state index in [-0.39, 0.29) is 6.09 Å². The SMILES string of the molecule is CC/C=C(/CNC(=O)OC(C)(C)C)[Si](C)(C)C. The van der Waals surface area contributed by atoms with Gasteiger partial charge in [0.25, 0.3) is 0 Å². The summed E-state index contributed by atoms with van der Waals surface area (Å²) in [5, 5.41) is 4.20. The van der Waals surface area contributed by atoms with Crippen molar-refractivity contribution in [2.45, 2.75) is 59.4 Å². The van der Waals surface area contributed by atoms with Gasteiger partial charge in [-0.2, -0.15) is 0 Å². The second kappa shape index (κ2) is 6.24. The van der Waals surface area contributed by atoms with E-state index in [2.05, 4.69) is 38.0 Å². The number of carbonyl (C=O) groups is 1. The van der Waals surface area contributed by atoms with Crippen LogP contribution in [0, 0.1) is 0 Å². The predicted molar refractivity (Wildman–Crippen MR) is 76.0 cm³/mol. The van der Waals surface area contributed by atoms with Crippen molar-refractivity contribution < 1.29 is 9.53 Å². The average molecular weight is 257 g/mol. The number of amides is 1. The van der Waals surface area contributed by atoms with Gasteiger partial charge < -0.3 is 10.1 Å². The predicted octanol–water partition coefficient (Wildman–Crippen LogP) is 3.72. The molecule has 0 spiro atoms. The molecule has 0 aromatic carbocycles. The molecular weight excluding hydrogens is 230 g/mol. The van der Waals surface area contributed by atoms with Crippen LogP contribution in [0.5, 0.6) is 0 Å². The van der Waals surface area contributed by atoms with Gasteiger partial charge in [-0.25, -0.2) is 4.79 Å². The van der Waals surface area contributed by atoms with Crippen LogP contribution in [0.15, 0.2) is 11.3 Å². The highest BCUT2D eigenvalue weighted by molar-refractivity contribution is 6.83. The van der Waals surface area contributed by atoms with E-state index >= 15 is 0 Å². The molecule has 100 valence electrons. The van der Waals surface area contributed by atoms with Crippen molar-refractivity contribution in [3.8, 4) is 0 Å². The highest BCUT2D eigenvalue weighted by Gasteiger charge is 2.21. The minimum absolute atomic E-state index is 0.335. The van der Waals surface area contributed by atoms with Crippen molar-refractivity contribution in [3.05, 3.63) is 11.3 Å². The van der Waals surface area contributed by atoms with E-state index in [0.717, 1.165) is 6.42 Å². The molecule has 0 saturated carbocycles. The minimum Gasteiger partial charge on any atom is -0.444 e. The molecule has 0 atom stereocenters. The normalized spacial score (nSPS) is 13.5. The lowest BCUT2D eigenvalue weighted by Crippen LogP contribution is -2.37. The third-order valence-electron chi connectivity index (χ3n) is 2.24. The van der Waals surface area contributed by atoms with Crippen molar-refractivity contribution in [1.29, 1.82) is 0 Å². The first kappa shape index (κ1) is 16.2. The summed E-state index contributed by atoms with van der Waals surface area (Å²) < 4.78 is 5.22. The molecule has 0 unspecified atom stereocenters. The molecule has 0 radical (unpaired) electrons. The van der Waals surface area contributed by atoms with Gasteiger partial charge in [-0.1, -0.05) is 37.8 Å². The van der Waals surface area contributed by atoms with Crippen LogP contribution in [0.1, 0.15) is 34.1 Å². The highest BCUT2D eigenvalue weighted by Crippen LogP contribution is 2.14. The molecule has 0 bridgehead atoms. The zero-order chi connectivity index (χ0) is 13.7. The maximum Gasteiger partial charge on any atom is 0.407 e. The number of carbonyl (C=O) groups excluding carboxylic acids is 1. The van der Waals surface area contributed by atoms with E-state index in [0.29, 0.717) is 6.54 Å². The fraction of sp³-hybridized carbons (Fsp3) is 0.769. The minimum atomic E-state index is -1.34. The molecule has 4 heteroatoms. The lowest BCUT2D eigenvalue weighted by molar-refractivity contribution is 0.0533. The van der Waals surface area contributed by atoms with Gasteiger partial charge in [0.2, 0.25) is 0 Å². The Labute approximate surface area is 107 Å². The number of hydrogen-bond donors (Lipinski definition) is 1. The number of allylic oxidation sites excluding steroid dienone is 1. The van der Waals surface area contributed by atoms with E-state index in [1.807, 2.05) is 20.8 Å². The van der Waals surface area contributed by atoms with Crippen molar-refractivity contribution >= 4 is 14.2 Å².